The van der Waals surface area contributed by atoms with E-state index in [9.17, 15) is 9.59 Å². The molecule has 4 aliphatic rings. The molecule has 10 unspecified atom stereocenters. The van der Waals surface area contributed by atoms with Gasteiger partial charge in [0, 0.05) is 44.4 Å². The number of fused-ring (bicyclic) bond motifs is 5. The molecule has 4 rings (SSSR count). The average Bonchev–Trinajstić information content (AvgIpc) is 3.42. The molecule has 0 heterocycles. The molecule has 53 heavy (non-hydrogen) atoms. The van der Waals surface area contributed by atoms with E-state index in [-0.39, 0.29) is 60.3 Å². The van der Waals surface area contributed by atoms with Crippen LogP contribution in [-0.4, -0.2) is 48.1 Å². The van der Waals surface area contributed by atoms with Crippen molar-refractivity contribution in [2.24, 2.45) is 57.8 Å². The van der Waals surface area contributed by atoms with E-state index in [0.29, 0.717) is 31.2 Å². The molecule has 10 atom stereocenters. The highest BCUT2D eigenvalue weighted by Gasteiger charge is 2.59. The van der Waals surface area contributed by atoms with Gasteiger partial charge in [-0.25, -0.2) is 0 Å². The smallest absolute Gasteiger partial charge is 0.306 e. The fourth-order valence-electron chi connectivity index (χ4n) is 11.6. The molecule has 0 aromatic heterocycles. The van der Waals surface area contributed by atoms with Crippen LogP contribution in [0, 0.1) is 46.3 Å². The van der Waals surface area contributed by atoms with E-state index in [1.807, 2.05) is 11.8 Å². The highest BCUT2D eigenvalue weighted by molar-refractivity contribution is 5.85. The van der Waals surface area contributed by atoms with Crippen molar-refractivity contribution in [1.29, 1.82) is 0 Å². The third-order valence-corrected chi connectivity index (χ3v) is 14.6. The third kappa shape index (κ3) is 13.4. The van der Waals surface area contributed by atoms with Gasteiger partial charge >= 0.3 is 5.97 Å². The molecule has 0 aromatic rings. The molecule has 0 bridgehead atoms. The van der Waals surface area contributed by atoms with E-state index in [2.05, 4.69) is 47.6 Å². The number of halogens is 2. The predicted octanol–water partition coefficient (Wildman–Crippen LogP) is 11.2. The lowest BCUT2D eigenvalue weighted by molar-refractivity contribution is -0.151. The molecule has 310 valence electrons. The molecule has 4 N–H and O–H groups in total. The Kier molecular flexibility index (Phi) is 20.8. The summed E-state index contributed by atoms with van der Waals surface area (Å²) in [6.45, 7) is 18.1. The van der Waals surface area contributed by atoms with Gasteiger partial charge in [0.1, 0.15) is 6.10 Å². The van der Waals surface area contributed by atoms with Crippen molar-refractivity contribution in [3.63, 3.8) is 0 Å². The lowest BCUT2D eigenvalue weighted by Crippen LogP contribution is -2.51. The highest BCUT2D eigenvalue weighted by Crippen LogP contribution is 2.67. The molecule has 3 saturated carbocycles. The van der Waals surface area contributed by atoms with Crippen LogP contribution >= 0.6 is 24.8 Å². The topological polar surface area (TPSA) is 98.7 Å². The van der Waals surface area contributed by atoms with Crippen LogP contribution in [0.1, 0.15) is 183 Å². The van der Waals surface area contributed by atoms with Crippen molar-refractivity contribution < 1.29 is 14.3 Å². The van der Waals surface area contributed by atoms with E-state index >= 15 is 0 Å². The Morgan fingerprint density at radius 2 is 1.47 bits per heavy atom. The summed E-state index contributed by atoms with van der Waals surface area (Å²) in [5.41, 5.74) is 14.2. The molecule has 0 aromatic carbocycles. The third-order valence-electron chi connectivity index (χ3n) is 14.6. The number of unbranched alkanes of at least 4 members (excludes halogenated alkanes) is 4. The molecule has 3 fully saturated rings. The van der Waals surface area contributed by atoms with Crippen LogP contribution in [0.3, 0.4) is 0 Å². The summed E-state index contributed by atoms with van der Waals surface area (Å²) in [4.78, 5) is 28.2. The first-order valence-electron chi connectivity index (χ1n) is 21.9. The van der Waals surface area contributed by atoms with E-state index in [1.54, 1.807) is 5.57 Å². The van der Waals surface area contributed by atoms with Crippen LogP contribution in [-0.2, 0) is 14.3 Å². The number of nitrogens with two attached hydrogens (primary N) is 2. The second-order valence-corrected chi connectivity index (χ2v) is 19.2. The van der Waals surface area contributed by atoms with Crippen LogP contribution in [0.2, 0.25) is 0 Å². The Morgan fingerprint density at radius 1 is 0.774 bits per heavy atom. The van der Waals surface area contributed by atoms with Gasteiger partial charge in [-0.1, -0.05) is 91.2 Å². The van der Waals surface area contributed by atoms with E-state index in [0.717, 1.165) is 87.0 Å². The zero-order valence-corrected chi connectivity index (χ0v) is 36.8. The molecule has 4 aliphatic carbocycles. The minimum absolute atomic E-state index is 0. The number of esters is 1. The van der Waals surface area contributed by atoms with E-state index < -0.39 is 0 Å². The average molecular weight is 785 g/mol. The van der Waals surface area contributed by atoms with Gasteiger partial charge in [0.15, 0.2) is 0 Å². The van der Waals surface area contributed by atoms with E-state index in [4.69, 9.17) is 16.2 Å². The summed E-state index contributed by atoms with van der Waals surface area (Å²) >= 11 is 0. The van der Waals surface area contributed by atoms with Crippen LogP contribution in [0.25, 0.3) is 0 Å². The van der Waals surface area contributed by atoms with Gasteiger partial charge in [-0.05, 0) is 131 Å². The maximum absolute atomic E-state index is 13.2. The zero-order chi connectivity index (χ0) is 37.2. The number of carbonyl (C=O) groups is 2. The van der Waals surface area contributed by atoms with Gasteiger partial charge in [-0.2, -0.15) is 0 Å². The van der Waals surface area contributed by atoms with Crippen LogP contribution in [0.4, 0.5) is 0 Å². The van der Waals surface area contributed by atoms with Crippen molar-refractivity contribution in [3.8, 4) is 0 Å². The molecule has 6 nitrogen and oxygen atoms in total. The van der Waals surface area contributed by atoms with Gasteiger partial charge < -0.3 is 21.1 Å². The van der Waals surface area contributed by atoms with Crippen molar-refractivity contribution in [1.82, 2.24) is 4.90 Å². The van der Waals surface area contributed by atoms with Crippen molar-refractivity contribution >= 4 is 36.7 Å². The van der Waals surface area contributed by atoms with Crippen LogP contribution < -0.4 is 11.5 Å². The minimum Gasteiger partial charge on any atom is -0.462 e. The molecule has 0 radical (unpaired) electrons. The van der Waals surface area contributed by atoms with Crippen LogP contribution in [0.5, 0.6) is 0 Å². The Labute approximate surface area is 338 Å². The number of ether oxygens (including phenoxy) is 1. The first kappa shape index (κ1) is 48.3. The number of hydrogen-bond acceptors (Lipinski definition) is 5. The van der Waals surface area contributed by atoms with Gasteiger partial charge in [-0.3, -0.25) is 9.59 Å². The van der Waals surface area contributed by atoms with E-state index in [1.165, 1.54) is 70.6 Å². The first-order valence-corrected chi connectivity index (χ1v) is 21.9. The summed E-state index contributed by atoms with van der Waals surface area (Å²) in [5, 5.41) is 0. The fourth-order valence-corrected chi connectivity index (χ4v) is 11.6. The number of carbonyl (C=O) groups excluding carboxylic acids is 2. The van der Waals surface area contributed by atoms with Gasteiger partial charge in [-0.15, -0.1) is 24.8 Å². The lowest BCUT2D eigenvalue weighted by Gasteiger charge is -2.58. The summed E-state index contributed by atoms with van der Waals surface area (Å²) in [5.74, 6) is 5.03. The Balaban J connectivity index is 0.00000486. The molecule has 0 aliphatic heterocycles. The Morgan fingerprint density at radius 3 is 2.17 bits per heavy atom. The normalized spacial score (nSPS) is 30.8. The van der Waals surface area contributed by atoms with Crippen molar-refractivity contribution in [3.05, 3.63) is 11.6 Å². The standard InChI is InChI=1S/C45H81N3O3.2ClH/c1-32(2)15-13-16-33(3)39-22-23-40-38-21-20-36-31-37(24-27-44(36,6)41(38)25-28-45(39,40)7)51-43(50)19-14-18-42(49)48(30-26-35(5)47)29-12-10-8-9-11-17-34(4)46;;/h20,32-35,37-41H,8-19,21-31,46-47H2,1-7H3;2*1H. The second-order valence-electron chi connectivity index (χ2n) is 19.2. The van der Waals surface area contributed by atoms with Crippen molar-refractivity contribution in [2.45, 2.75) is 201 Å². The predicted molar refractivity (Wildman–Crippen MR) is 227 cm³/mol. The molecular formula is C45H83Cl2N3O3. The maximum atomic E-state index is 13.2. The summed E-state index contributed by atoms with van der Waals surface area (Å²) < 4.78 is 6.11. The largest absolute Gasteiger partial charge is 0.462 e. The highest BCUT2D eigenvalue weighted by atomic mass is 35.5. The number of hydrogen-bond donors (Lipinski definition) is 2. The minimum atomic E-state index is -0.132. The summed E-state index contributed by atoms with van der Waals surface area (Å²) in [7, 11) is 0. The van der Waals surface area contributed by atoms with Crippen molar-refractivity contribution in [2.75, 3.05) is 13.1 Å². The van der Waals surface area contributed by atoms with Gasteiger partial charge in [0.05, 0.1) is 0 Å². The summed E-state index contributed by atoms with van der Waals surface area (Å²) in [6.07, 6.45) is 25.5. The molecular weight excluding hydrogens is 701 g/mol. The lowest BCUT2D eigenvalue weighted by atomic mass is 9.47. The summed E-state index contributed by atoms with van der Waals surface area (Å²) in [6, 6.07) is 0.351. The van der Waals surface area contributed by atoms with Gasteiger partial charge in [0.2, 0.25) is 5.91 Å². The fraction of sp³-hybridized carbons (Fsp3) is 0.911. The number of allylic oxidation sites excluding steroid dienone is 1. The molecule has 0 saturated heterocycles. The second kappa shape index (κ2) is 22.8. The maximum Gasteiger partial charge on any atom is 0.306 e. The number of amides is 1. The SMILES string of the molecule is CC(C)CCCC(C)C1CCC2C3CC=C4CC(OC(=O)CCCC(=O)N(CCCCCCCC(C)N)CCC(C)N)CCC4(C)C3CCC12C.Cl.Cl. The molecule has 0 spiro atoms. The zero-order valence-electron chi connectivity index (χ0n) is 35.2. The Hall–Kier alpha value is -0.820. The van der Waals surface area contributed by atoms with Crippen LogP contribution in [0.15, 0.2) is 11.6 Å². The Bertz CT molecular complexity index is 1130. The number of nitrogens with zero attached hydrogens (tertiary/aromatic N) is 1. The monoisotopic (exact) mass is 784 g/mol. The molecule has 1 amide bonds. The first-order chi connectivity index (χ1) is 24.2. The van der Waals surface area contributed by atoms with Gasteiger partial charge in [0.25, 0.3) is 0 Å². The molecule has 8 heteroatoms. The quantitative estimate of drug-likeness (QED) is 0.0686. The number of rotatable bonds is 21.